The van der Waals surface area contributed by atoms with Crippen molar-refractivity contribution in [2.75, 3.05) is 17.5 Å². The average Bonchev–Trinajstić information content (AvgIpc) is 3.03. The number of rotatable bonds is 13. The SMILES string of the molecule is CCOc1ccc(S(=O)(=O)N(CC(=O)N(Cc2ccc(Cl)c(Cl)c2)[C@@H](CC)C(=O)NC2CCCCC2)c2ccc(F)cc2)cc1. The second-order valence-electron chi connectivity index (χ2n) is 10.9. The van der Waals surface area contributed by atoms with Crippen molar-refractivity contribution < 1.29 is 27.1 Å². The molecule has 2 amide bonds. The van der Waals surface area contributed by atoms with Gasteiger partial charge in [0.2, 0.25) is 11.8 Å². The highest BCUT2D eigenvalue weighted by Crippen LogP contribution is 2.28. The Morgan fingerprint density at radius 2 is 1.62 bits per heavy atom. The summed E-state index contributed by atoms with van der Waals surface area (Å²) < 4.78 is 48.3. The number of hydrogen-bond acceptors (Lipinski definition) is 5. The molecular formula is C33H38Cl2FN3O5S. The van der Waals surface area contributed by atoms with Gasteiger partial charge in [0.05, 0.1) is 27.2 Å². The number of anilines is 1. The minimum Gasteiger partial charge on any atom is -0.494 e. The molecule has 0 aliphatic heterocycles. The maximum atomic E-state index is 14.3. The minimum atomic E-state index is -4.32. The molecule has 12 heteroatoms. The van der Waals surface area contributed by atoms with E-state index in [0.29, 0.717) is 22.9 Å². The maximum absolute atomic E-state index is 14.3. The summed E-state index contributed by atoms with van der Waals surface area (Å²) in [6, 6.07) is 14.7. The Morgan fingerprint density at radius 3 is 2.22 bits per heavy atom. The zero-order chi connectivity index (χ0) is 32.6. The molecule has 1 N–H and O–H groups in total. The average molecular weight is 679 g/mol. The lowest BCUT2D eigenvalue weighted by Gasteiger charge is -2.34. The van der Waals surface area contributed by atoms with E-state index in [1.54, 1.807) is 25.1 Å². The van der Waals surface area contributed by atoms with Crippen molar-refractivity contribution in [2.24, 2.45) is 0 Å². The lowest BCUT2D eigenvalue weighted by Crippen LogP contribution is -2.54. The van der Waals surface area contributed by atoms with E-state index in [0.717, 1.165) is 48.5 Å². The van der Waals surface area contributed by atoms with E-state index in [1.807, 2.05) is 6.92 Å². The number of benzene rings is 3. The maximum Gasteiger partial charge on any atom is 0.264 e. The van der Waals surface area contributed by atoms with Crippen molar-refractivity contribution in [3.63, 3.8) is 0 Å². The van der Waals surface area contributed by atoms with E-state index in [9.17, 15) is 22.4 Å². The second kappa shape index (κ2) is 15.8. The number of amides is 2. The first-order valence-electron chi connectivity index (χ1n) is 15.1. The van der Waals surface area contributed by atoms with Gasteiger partial charge in [-0.2, -0.15) is 0 Å². The van der Waals surface area contributed by atoms with E-state index in [1.165, 1.54) is 41.3 Å². The Hall–Kier alpha value is -3.34. The normalized spacial score (nSPS) is 14.4. The first kappa shape index (κ1) is 34.5. The zero-order valence-electron chi connectivity index (χ0n) is 25.3. The van der Waals surface area contributed by atoms with Crippen molar-refractivity contribution >= 4 is 50.7 Å². The van der Waals surface area contributed by atoms with Crippen LogP contribution in [0.3, 0.4) is 0 Å². The standard InChI is InChI=1S/C33H38Cl2FN3O5S/c1-3-31(33(41)37-25-8-6-5-7-9-25)38(21-23-10-19-29(34)30(35)20-23)32(40)22-39(26-13-11-24(36)12-14-26)45(42,43)28-17-15-27(16-18-28)44-4-2/h10-20,25,31H,3-9,21-22H2,1-2H3,(H,37,41)/t31-/m0/s1. The van der Waals surface area contributed by atoms with E-state index in [4.69, 9.17) is 27.9 Å². The predicted octanol–water partition coefficient (Wildman–Crippen LogP) is 6.98. The summed E-state index contributed by atoms with van der Waals surface area (Å²) in [5.41, 5.74) is 0.706. The first-order chi connectivity index (χ1) is 21.5. The summed E-state index contributed by atoms with van der Waals surface area (Å²) in [5, 5.41) is 3.73. The van der Waals surface area contributed by atoms with Gasteiger partial charge in [-0.15, -0.1) is 0 Å². The van der Waals surface area contributed by atoms with Crippen LogP contribution in [0.4, 0.5) is 10.1 Å². The Labute approximate surface area is 274 Å². The van der Waals surface area contributed by atoms with E-state index >= 15 is 0 Å². The first-order valence-corrected chi connectivity index (χ1v) is 17.3. The highest BCUT2D eigenvalue weighted by Gasteiger charge is 2.34. The molecule has 45 heavy (non-hydrogen) atoms. The molecule has 3 aromatic carbocycles. The van der Waals surface area contributed by atoms with Crippen LogP contribution in [0.5, 0.6) is 5.75 Å². The topological polar surface area (TPSA) is 96.0 Å². The van der Waals surface area contributed by atoms with Crippen LogP contribution in [0, 0.1) is 5.82 Å². The summed E-state index contributed by atoms with van der Waals surface area (Å²) in [6.07, 6.45) is 5.16. The molecule has 242 valence electrons. The molecule has 4 rings (SSSR count). The third kappa shape index (κ3) is 8.89. The van der Waals surface area contributed by atoms with Crippen LogP contribution in [-0.2, 0) is 26.2 Å². The van der Waals surface area contributed by atoms with Crippen molar-refractivity contribution in [1.29, 1.82) is 0 Å². The molecule has 0 spiro atoms. The van der Waals surface area contributed by atoms with E-state index < -0.39 is 34.3 Å². The molecule has 8 nitrogen and oxygen atoms in total. The van der Waals surface area contributed by atoms with Crippen molar-refractivity contribution in [3.05, 3.63) is 88.2 Å². The lowest BCUT2D eigenvalue weighted by atomic mass is 9.95. The van der Waals surface area contributed by atoms with Crippen LogP contribution in [0.25, 0.3) is 0 Å². The third-order valence-corrected chi connectivity index (χ3v) is 10.3. The molecule has 0 unspecified atom stereocenters. The number of halogens is 3. The summed E-state index contributed by atoms with van der Waals surface area (Å²) in [7, 11) is -4.32. The van der Waals surface area contributed by atoms with Gasteiger partial charge in [-0.3, -0.25) is 13.9 Å². The van der Waals surface area contributed by atoms with E-state index in [2.05, 4.69) is 5.32 Å². The van der Waals surface area contributed by atoms with Gasteiger partial charge in [-0.25, -0.2) is 12.8 Å². The monoisotopic (exact) mass is 677 g/mol. The number of hydrogen-bond donors (Lipinski definition) is 1. The molecule has 0 radical (unpaired) electrons. The molecule has 0 aromatic heterocycles. The van der Waals surface area contributed by atoms with Gasteiger partial charge in [-0.1, -0.05) is 55.5 Å². The van der Waals surface area contributed by atoms with Gasteiger partial charge in [0.25, 0.3) is 10.0 Å². The van der Waals surface area contributed by atoms with Crippen LogP contribution in [0.1, 0.15) is 57.9 Å². The molecule has 1 aliphatic rings. The third-order valence-electron chi connectivity index (χ3n) is 7.79. The number of nitrogens with zero attached hydrogens (tertiary/aromatic N) is 2. The number of carbonyl (C=O) groups is 2. The number of carbonyl (C=O) groups excluding carboxylic acids is 2. The molecule has 1 saturated carbocycles. The van der Waals surface area contributed by atoms with Crippen molar-refractivity contribution in [1.82, 2.24) is 10.2 Å². The highest BCUT2D eigenvalue weighted by atomic mass is 35.5. The molecule has 0 bridgehead atoms. The lowest BCUT2D eigenvalue weighted by molar-refractivity contribution is -0.140. The van der Waals surface area contributed by atoms with Crippen LogP contribution < -0.4 is 14.4 Å². The fourth-order valence-electron chi connectivity index (χ4n) is 5.44. The van der Waals surface area contributed by atoms with Crippen LogP contribution in [0.2, 0.25) is 10.0 Å². The van der Waals surface area contributed by atoms with Gasteiger partial charge in [0.15, 0.2) is 0 Å². The molecule has 1 atom stereocenters. The fraction of sp³-hybridized carbons (Fsp3) is 0.394. The molecular weight excluding hydrogens is 640 g/mol. The summed E-state index contributed by atoms with van der Waals surface area (Å²) in [6.45, 7) is 3.36. The quantitative estimate of drug-likeness (QED) is 0.211. The van der Waals surface area contributed by atoms with Gasteiger partial charge < -0.3 is 15.0 Å². The van der Waals surface area contributed by atoms with Gasteiger partial charge in [-0.05, 0) is 92.4 Å². The largest absolute Gasteiger partial charge is 0.494 e. The second-order valence-corrected chi connectivity index (χ2v) is 13.6. The minimum absolute atomic E-state index is 0.0120. The smallest absolute Gasteiger partial charge is 0.264 e. The molecule has 0 heterocycles. The predicted molar refractivity (Wildman–Crippen MR) is 175 cm³/mol. The Balaban J connectivity index is 1.71. The van der Waals surface area contributed by atoms with E-state index in [-0.39, 0.29) is 40.5 Å². The molecule has 3 aromatic rings. The Bertz CT molecular complexity index is 1570. The Kier molecular flexibility index (Phi) is 12.1. The zero-order valence-corrected chi connectivity index (χ0v) is 27.7. The van der Waals surface area contributed by atoms with Gasteiger partial charge in [0.1, 0.15) is 24.2 Å². The summed E-state index contributed by atoms with van der Waals surface area (Å²) in [5.74, 6) is -0.996. The molecule has 1 aliphatic carbocycles. The molecule has 1 fully saturated rings. The number of nitrogens with one attached hydrogen (secondary N) is 1. The number of ether oxygens (including phenoxy) is 1. The van der Waals surface area contributed by atoms with Gasteiger partial charge >= 0.3 is 0 Å². The van der Waals surface area contributed by atoms with Gasteiger partial charge in [0, 0.05) is 12.6 Å². The number of sulfonamides is 1. The Morgan fingerprint density at radius 1 is 0.956 bits per heavy atom. The van der Waals surface area contributed by atoms with Crippen LogP contribution >= 0.6 is 23.2 Å². The van der Waals surface area contributed by atoms with Crippen molar-refractivity contribution in [2.45, 2.75) is 75.9 Å². The van der Waals surface area contributed by atoms with Crippen molar-refractivity contribution in [3.8, 4) is 5.75 Å². The van der Waals surface area contributed by atoms with Crippen LogP contribution in [-0.4, -0.2) is 50.4 Å². The summed E-state index contributed by atoms with van der Waals surface area (Å²) in [4.78, 5) is 29.2. The van der Waals surface area contributed by atoms with Crippen LogP contribution in [0.15, 0.2) is 71.6 Å². The molecule has 0 saturated heterocycles. The fourth-order valence-corrected chi connectivity index (χ4v) is 7.17. The summed E-state index contributed by atoms with van der Waals surface area (Å²) >= 11 is 12.4. The highest BCUT2D eigenvalue weighted by molar-refractivity contribution is 7.92.